The highest BCUT2D eigenvalue weighted by Gasteiger charge is 2.30. The predicted octanol–water partition coefficient (Wildman–Crippen LogP) is -0.867. The Kier molecular flexibility index (Phi) is 11.7. The summed E-state index contributed by atoms with van der Waals surface area (Å²) < 4.78 is 0. The number of carbonyl (C=O) groups excluding carboxylic acids is 4. The van der Waals surface area contributed by atoms with Crippen molar-refractivity contribution in [2.24, 2.45) is 17.4 Å². The number of carboxylic acid groups (broad SMARTS) is 1. The Morgan fingerprint density at radius 1 is 0.943 bits per heavy atom. The molecule has 1 aromatic carbocycles. The van der Waals surface area contributed by atoms with Crippen LogP contribution in [0.25, 0.3) is 0 Å². The number of rotatable bonds is 14. The quantitative estimate of drug-likeness (QED) is 0.172. The van der Waals surface area contributed by atoms with E-state index >= 15 is 0 Å². The Labute approximate surface area is 203 Å². The first-order valence-corrected chi connectivity index (χ1v) is 11.3. The van der Waals surface area contributed by atoms with Crippen molar-refractivity contribution in [3.63, 3.8) is 0 Å². The summed E-state index contributed by atoms with van der Waals surface area (Å²) in [6.45, 7) is 4.84. The Morgan fingerprint density at radius 2 is 1.54 bits per heavy atom. The summed E-state index contributed by atoms with van der Waals surface area (Å²) in [7, 11) is 0. The van der Waals surface area contributed by atoms with Gasteiger partial charge in [-0.25, -0.2) is 4.79 Å². The van der Waals surface area contributed by atoms with Crippen molar-refractivity contribution in [3.05, 3.63) is 29.8 Å². The SMILES string of the molecule is CC[C@H](C)[C@H](NC(=O)[C@H](C)NC(=O)[C@H](CCC(N)=O)NC(=O)[C@@H](N)Cc1ccc(O)cc1)C(=O)O. The van der Waals surface area contributed by atoms with Crippen molar-refractivity contribution >= 4 is 29.6 Å². The number of hydrogen-bond donors (Lipinski definition) is 7. The molecule has 0 bridgehead atoms. The molecule has 194 valence electrons. The first kappa shape index (κ1) is 29.4. The molecule has 0 spiro atoms. The maximum absolute atomic E-state index is 12.8. The molecule has 1 aromatic rings. The van der Waals surface area contributed by atoms with Gasteiger partial charge in [-0.15, -0.1) is 0 Å². The zero-order valence-corrected chi connectivity index (χ0v) is 20.1. The molecule has 0 aliphatic rings. The van der Waals surface area contributed by atoms with E-state index < -0.39 is 53.8 Å². The van der Waals surface area contributed by atoms with Crippen LogP contribution in [-0.2, 0) is 30.4 Å². The highest BCUT2D eigenvalue weighted by Crippen LogP contribution is 2.11. The molecule has 4 amide bonds. The number of aliphatic carboxylic acids is 1. The van der Waals surface area contributed by atoms with Crippen LogP contribution in [0.2, 0.25) is 0 Å². The van der Waals surface area contributed by atoms with Gasteiger partial charge in [-0.05, 0) is 43.4 Å². The molecule has 5 atom stereocenters. The van der Waals surface area contributed by atoms with E-state index in [4.69, 9.17) is 11.5 Å². The lowest BCUT2D eigenvalue weighted by Gasteiger charge is -2.25. The van der Waals surface area contributed by atoms with Gasteiger partial charge in [0.2, 0.25) is 23.6 Å². The van der Waals surface area contributed by atoms with E-state index in [9.17, 15) is 34.2 Å². The summed E-state index contributed by atoms with van der Waals surface area (Å²) >= 11 is 0. The van der Waals surface area contributed by atoms with Gasteiger partial charge in [0.05, 0.1) is 6.04 Å². The Hall–Kier alpha value is -3.67. The monoisotopic (exact) mass is 493 g/mol. The molecule has 12 nitrogen and oxygen atoms in total. The molecule has 0 aromatic heterocycles. The second kappa shape index (κ2) is 13.9. The fourth-order valence-electron chi connectivity index (χ4n) is 3.15. The van der Waals surface area contributed by atoms with Crippen molar-refractivity contribution in [3.8, 4) is 5.75 Å². The molecular weight excluding hydrogens is 458 g/mol. The van der Waals surface area contributed by atoms with Crippen LogP contribution in [0.1, 0.15) is 45.6 Å². The van der Waals surface area contributed by atoms with E-state index in [0.29, 0.717) is 12.0 Å². The third-order valence-electron chi connectivity index (χ3n) is 5.57. The first-order chi connectivity index (χ1) is 16.3. The number of aromatic hydroxyl groups is 1. The van der Waals surface area contributed by atoms with Gasteiger partial charge in [0.15, 0.2) is 0 Å². The Bertz CT molecular complexity index is 906. The number of benzene rings is 1. The average Bonchev–Trinajstić information content (AvgIpc) is 2.80. The van der Waals surface area contributed by atoms with E-state index in [1.807, 2.05) is 0 Å². The van der Waals surface area contributed by atoms with Crippen molar-refractivity contribution in [2.75, 3.05) is 0 Å². The number of hydrogen-bond acceptors (Lipinski definition) is 7. The molecule has 9 N–H and O–H groups in total. The van der Waals surface area contributed by atoms with Crippen LogP contribution in [0.3, 0.4) is 0 Å². The molecular formula is C23H35N5O7. The van der Waals surface area contributed by atoms with Gasteiger partial charge in [0, 0.05) is 6.42 Å². The predicted molar refractivity (Wildman–Crippen MR) is 127 cm³/mol. The Morgan fingerprint density at radius 3 is 2.06 bits per heavy atom. The summed E-state index contributed by atoms with van der Waals surface area (Å²) in [6, 6.07) is 1.62. The second-order valence-electron chi connectivity index (χ2n) is 8.48. The summed E-state index contributed by atoms with van der Waals surface area (Å²) in [6.07, 6.45) is 0.309. The largest absolute Gasteiger partial charge is 0.508 e. The number of phenolic OH excluding ortho intramolecular Hbond substituents is 1. The molecule has 0 saturated heterocycles. The first-order valence-electron chi connectivity index (χ1n) is 11.3. The number of nitrogens with two attached hydrogens (primary N) is 2. The molecule has 35 heavy (non-hydrogen) atoms. The molecule has 0 aliphatic heterocycles. The lowest BCUT2D eigenvalue weighted by Crippen LogP contribution is -2.57. The van der Waals surface area contributed by atoms with Gasteiger partial charge in [-0.1, -0.05) is 32.4 Å². The highest BCUT2D eigenvalue weighted by molar-refractivity contribution is 5.94. The maximum Gasteiger partial charge on any atom is 0.326 e. The summed E-state index contributed by atoms with van der Waals surface area (Å²) in [5.41, 5.74) is 11.8. The van der Waals surface area contributed by atoms with Crippen LogP contribution in [0.15, 0.2) is 24.3 Å². The molecule has 0 unspecified atom stereocenters. The molecule has 0 fully saturated rings. The maximum atomic E-state index is 12.8. The summed E-state index contributed by atoms with van der Waals surface area (Å²) in [4.78, 5) is 60.5. The van der Waals surface area contributed by atoms with Crippen LogP contribution in [0.5, 0.6) is 5.75 Å². The van der Waals surface area contributed by atoms with Crippen LogP contribution < -0.4 is 27.4 Å². The van der Waals surface area contributed by atoms with E-state index in [0.717, 1.165) is 0 Å². The highest BCUT2D eigenvalue weighted by atomic mass is 16.4. The van der Waals surface area contributed by atoms with Crippen LogP contribution in [0, 0.1) is 5.92 Å². The zero-order valence-electron chi connectivity index (χ0n) is 20.1. The van der Waals surface area contributed by atoms with Crippen LogP contribution in [-0.4, -0.2) is 64.0 Å². The third-order valence-corrected chi connectivity index (χ3v) is 5.57. The number of carboxylic acids is 1. The van der Waals surface area contributed by atoms with Crippen molar-refractivity contribution in [1.29, 1.82) is 0 Å². The summed E-state index contributed by atoms with van der Waals surface area (Å²) in [5, 5.41) is 26.0. The average molecular weight is 494 g/mol. The van der Waals surface area contributed by atoms with Crippen molar-refractivity contribution in [2.45, 2.75) is 70.6 Å². The van der Waals surface area contributed by atoms with E-state index in [1.165, 1.54) is 19.1 Å². The minimum absolute atomic E-state index is 0.0620. The number of carbonyl (C=O) groups is 5. The lowest BCUT2D eigenvalue weighted by atomic mass is 9.99. The molecule has 0 radical (unpaired) electrons. The second-order valence-corrected chi connectivity index (χ2v) is 8.48. The number of amides is 4. The molecule has 12 heteroatoms. The normalized spacial score (nSPS) is 15.1. The topological polar surface area (TPSA) is 214 Å². The van der Waals surface area contributed by atoms with E-state index in [2.05, 4.69) is 16.0 Å². The van der Waals surface area contributed by atoms with Gasteiger partial charge in [-0.3, -0.25) is 19.2 Å². The number of primary amides is 1. The fraction of sp³-hybridized carbons (Fsp3) is 0.522. The van der Waals surface area contributed by atoms with Gasteiger partial charge in [0.1, 0.15) is 23.9 Å². The van der Waals surface area contributed by atoms with Crippen LogP contribution in [0.4, 0.5) is 0 Å². The minimum Gasteiger partial charge on any atom is -0.508 e. The smallest absolute Gasteiger partial charge is 0.326 e. The van der Waals surface area contributed by atoms with Gasteiger partial charge >= 0.3 is 5.97 Å². The van der Waals surface area contributed by atoms with Crippen molar-refractivity contribution < 1.29 is 34.2 Å². The zero-order chi connectivity index (χ0) is 26.7. The summed E-state index contributed by atoms with van der Waals surface area (Å²) in [5.74, 6) is -4.29. The number of phenols is 1. The molecule has 0 heterocycles. The number of nitrogens with one attached hydrogen (secondary N) is 3. The van der Waals surface area contributed by atoms with E-state index in [1.54, 1.807) is 26.0 Å². The Balaban J connectivity index is 2.83. The van der Waals surface area contributed by atoms with Crippen LogP contribution >= 0.6 is 0 Å². The fourth-order valence-corrected chi connectivity index (χ4v) is 3.15. The lowest BCUT2D eigenvalue weighted by molar-refractivity contribution is -0.143. The minimum atomic E-state index is -1.21. The molecule has 0 aliphatic carbocycles. The molecule has 1 rings (SSSR count). The van der Waals surface area contributed by atoms with Gasteiger partial charge in [0.25, 0.3) is 0 Å². The molecule has 0 saturated carbocycles. The van der Waals surface area contributed by atoms with Gasteiger partial charge < -0.3 is 37.6 Å². The van der Waals surface area contributed by atoms with Crippen molar-refractivity contribution in [1.82, 2.24) is 16.0 Å². The van der Waals surface area contributed by atoms with Gasteiger partial charge in [-0.2, -0.15) is 0 Å². The standard InChI is InChI=1S/C23H35N5O7/c1-4-12(2)19(23(34)35)28-20(31)13(3)26-22(33)17(9-10-18(25)30)27-21(32)16(24)11-14-5-7-15(29)8-6-14/h5-8,12-13,16-17,19,29H,4,9-11,24H2,1-3H3,(H2,25,30)(H,26,33)(H,27,32)(H,28,31)(H,34,35)/t12-,13-,16-,17-,19-/m0/s1. The van der Waals surface area contributed by atoms with E-state index in [-0.39, 0.29) is 30.9 Å². The third kappa shape index (κ3) is 10.0.